The van der Waals surface area contributed by atoms with Crippen molar-refractivity contribution in [3.05, 3.63) is 91.0 Å². The molecule has 0 amide bonds. The number of rotatable bonds is 4. The second-order valence-corrected chi connectivity index (χ2v) is 7.82. The predicted octanol–water partition coefficient (Wildman–Crippen LogP) is 4.22. The molecule has 1 unspecified atom stereocenters. The molecule has 3 aromatic rings. The molecule has 124 valence electrons. The minimum atomic E-state index is -0.446. The van der Waals surface area contributed by atoms with Crippen LogP contribution >= 0.6 is 7.92 Å². The number of hydrogen-bond donors (Lipinski definition) is 1. The Labute approximate surface area is 146 Å². The standard InChI is InChI=1S/C18H15P.C4H10O/c1-4-10-16(11-5-1)19(17-12-6-2-7-13-17)18-14-8-3-9-15-18;1-3-4(2)5/h1-15H;4-5H,3H2,1-2H3. The quantitative estimate of drug-likeness (QED) is 0.707. The van der Waals surface area contributed by atoms with Crippen molar-refractivity contribution in [1.29, 1.82) is 0 Å². The van der Waals surface area contributed by atoms with Gasteiger partial charge in [-0.05, 0) is 37.2 Å². The van der Waals surface area contributed by atoms with Gasteiger partial charge in [0.05, 0.1) is 6.10 Å². The third-order valence-electron chi connectivity index (χ3n) is 3.63. The van der Waals surface area contributed by atoms with Crippen molar-refractivity contribution in [2.24, 2.45) is 0 Å². The second kappa shape index (κ2) is 10.0. The Bertz CT molecular complexity index is 587. The van der Waals surface area contributed by atoms with Gasteiger partial charge in [-0.2, -0.15) is 0 Å². The maximum atomic E-state index is 8.36. The number of benzene rings is 3. The van der Waals surface area contributed by atoms with Gasteiger partial charge in [-0.1, -0.05) is 97.9 Å². The summed E-state index contributed by atoms with van der Waals surface area (Å²) in [5, 5.41) is 12.6. The minimum Gasteiger partial charge on any atom is -0.393 e. The molecule has 0 aliphatic carbocycles. The summed E-state index contributed by atoms with van der Waals surface area (Å²) in [6, 6.07) is 32.3. The zero-order valence-electron chi connectivity index (χ0n) is 14.3. The molecule has 24 heavy (non-hydrogen) atoms. The summed E-state index contributed by atoms with van der Waals surface area (Å²) in [6.07, 6.45) is 0.745. The van der Waals surface area contributed by atoms with Gasteiger partial charge in [-0.15, -0.1) is 0 Å². The van der Waals surface area contributed by atoms with E-state index in [0.717, 1.165) is 6.42 Å². The molecule has 0 aliphatic rings. The summed E-state index contributed by atoms with van der Waals surface area (Å²) < 4.78 is 0. The average molecular weight is 336 g/mol. The molecule has 0 saturated carbocycles. The van der Waals surface area contributed by atoms with Crippen LogP contribution in [0, 0.1) is 0 Å². The number of hydrogen-bond acceptors (Lipinski definition) is 1. The first kappa shape index (κ1) is 18.4. The van der Waals surface area contributed by atoms with Crippen LogP contribution in [0.2, 0.25) is 0 Å². The Morgan fingerprint density at radius 2 is 0.917 bits per heavy atom. The van der Waals surface area contributed by atoms with Crippen molar-refractivity contribution in [3.63, 3.8) is 0 Å². The van der Waals surface area contributed by atoms with Gasteiger partial charge in [-0.25, -0.2) is 0 Å². The first-order valence-electron chi connectivity index (χ1n) is 8.35. The van der Waals surface area contributed by atoms with E-state index in [-0.39, 0.29) is 6.10 Å². The zero-order chi connectivity index (χ0) is 17.2. The third kappa shape index (κ3) is 5.60. The minimum absolute atomic E-state index is 0.116. The Kier molecular flexibility index (Phi) is 7.68. The van der Waals surface area contributed by atoms with Crippen molar-refractivity contribution < 1.29 is 5.11 Å². The molecular weight excluding hydrogens is 311 g/mol. The summed E-state index contributed by atoms with van der Waals surface area (Å²) in [5.74, 6) is 0. The van der Waals surface area contributed by atoms with Gasteiger partial charge in [0.1, 0.15) is 0 Å². The van der Waals surface area contributed by atoms with Gasteiger partial charge in [0, 0.05) is 0 Å². The molecule has 3 rings (SSSR count). The molecule has 0 fully saturated rings. The summed E-state index contributed by atoms with van der Waals surface area (Å²) in [6.45, 7) is 3.73. The summed E-state index contributed by atoms with van der Waals surface area (Å²) in [7, 11) is -0.446. The third-order valence-corrected chi connectivity index (χ3v) is 6.08. The highest BCUT2D eigenvalue weighted by Gasteiger charge is 2.14. The summed E-state index contributed by atoms with van der Waals surface area (Å²) in [5.41, 5.74) is 0. The van der Waals surface area contributed by atoms with E-state index >= 15 is 0 Å². The highest BCUT2D eigenvalue weighted by Crippen LogP contribution is 2.32. The van der Waals surface area contributed by atoms with E-state index in [1.807, 2.05) is 6.92 Å². The first-order valence-corrected chi connectivity index (χ1v) is 9.70. The molecule has 0 aliphatic heterocycles. The molecular formula is C22H25OP. The summed E-state index contributed by atoms with van der Waals surface area (Å²) in [4.78, 5) is 0. The van der Waals surface area contributed by atoms with Crippen molar-refractivity contribution in [3.8, 4) is 0 Å². The molecule has 0 heterocycles. The smallest absolute Gasteiger partial charge is 0.0509 e. The van der Waals surface area contributed by atoms with E-state index in [4.69, 9.17) is 5.11 Å². The summed E-state index contributed by atoms with van der Waals surface area (Å²) >= 11 is 0. The van der Waals surface area contributed by atoms with Crippen molar-refractivity contribution in [2.45, 2.75) is 26.4 Å². The molecule has 0 bridgehead atoms. The molecule has 1 nitrogen and oxygen atoms in total. The van der Waals surface area contributed by atoms with Crippen LogP contribution in [0.15, 0.2) is 91.0 Å². The normalized spacial score (nSPS) is 11.5. The van der Waals surface area contributed by atoms with E-state index in [9.17, 15) is 0 Å². The average Bonchev–Trinajstić information content (AvgIpc) is 2.65. The predicted molar refractivity (Wildman–Crippen MR) is 107 cm³/mol. The molecule has 0 saturated heterocycles. The maximum absolute atomic E-state index is 8.36. The van der Waals surface area contributed by atoms with Crippen LogP contribution in [0.1, 0.15) is 20.3 Å². The van der Waals surface area contributed by atoms with Gasteiger partial charge < -0.3 is 5.11 Å². The highest BCUT2D eigenvalue weighted by molar-refractivity contribution is 7.79. The van der Waals surface area contributed by atoms with Crippen molar-refractivity contribution in [2.75, 3.05) is 0 Å². The monoisotopic (exact) mass is 336 g/mol. The topological polar surface area (TPSA) is 20.2 Å². The Morgan fingerprint density at radius 1 is 0.667 bits per heavy atom. The van der Waals surface area contributed by atoms with Crippen LogP contribution in [0.25, 0.3) is 0 Å². The van der Waals surface area contributed by atoms with Crippen LogP contribution in [0.4, 0.5) is 0 Å². The van der Waals surface area contributed by atoms with E-state index in [0.29, 0.717) is 0 Å². The molecule has 0 aromatic heterocycles. The molecule has 1 atom stereocenters. The number of aliphatic hydroxyl groups excluding tert-OH is 1. The Morgan fingerprint density at radius 3 is 1.12 bits per heavy atom. The van der Waals surface area contributed by atoms with Gasteiger partial charge in [0.25, 0.3) is 0 Å². The second-order valence-electron chi connectivity index (χ2n) is 5.60. The van der Waals surface area contributed by atoms with E-state index < -0.39 is 7.92 Å². The lowest BCUT2D eigenvalue weighted by Crippen LogP contribution is -2.20. The van der Waals surface area contributed by atoms with Crippen LogP contribution in [0.5, 0.6) is 0 Å². The first-order chi connectivity index (χ1) is 11.7. The van der Waals surface area contributed by atoms with Gasteiger partial charge in [-0.3, -0.25) is 0 Å². The van der Waals surface area contributed by atoms with Gasteiger partial charge in [0.15, 0.2) is 0 Å². The highest BCUT2D eigenvalue weighted by atomic mass is 31.1. The molecule has 0 radical (unpaired) electrons. The maximum Gasteiger partial charge on any atom is 0.0509 e. The molecule has 2 heteroatoms. The Balaban J connectivity index is 0.000000368. The van der Waals surface area contributed by atoms with Crippen LogP contribution < -0.4 is 15.9 Å². The van der Waals surface area contributed by atoms with Crippen LogP contribution in [-0.2, 0) is 0 Å². The molecule has 0 spiro atoms. The van der Waals surface area contributed by atoms with Gasteiger partial charge in [0.2, 0.25) is 0 Å². The van der Waals surface area contributed by atoms with Crippen molar-refractivity contribution >= 4 is 23.8 Å². The van der Waals surface area contributed by atoms with Crippen LogP contribution in [-0.4, -0.2) is 11.2 Å². The Hall–Kier alpha value is -1.95. The van der Waals surface area contributed by atoms with Crippen molar-refractivity contribution in [1.82, 2.24) is 0 Å². The fourth-order valence-corrected chi connectivity index (χ4v) is 4.48. The van der Waals surface area contributed by atoms with E-state index in [1.165, 1.54) is 15.9 Å². The lowest BCUT2D eigenvalue weighted by Gasteiger charge is -2.18. The zero-order valence-corrected chi connectivity index (χ0v) is 15.2. The lowest BCUT2D eigenvalue weighted by molar-refractivity contribution is 0.191. The largest absolute Gasteiger partial charge is 0.393 e. The van der Waals surface area contributed by atoms with E-state index in [2.05, 4.69) is 91.0 Å². The fourth-order valence-electron chi connectivity index (χ4n) is 2.18. The lowest BCUT2D eigenvalue weighted by atomic mass is 10.3. The number of aliphatic hydroxyl groups is 1. The molecule has 1 N–H and O–H groups in total. The SMILES string of the molecule is CCC(C)O.c1ccc(P(c2ccccc2)c2ccccc2)cc1. The van der Waals surface area contributed by atoms with Gasteiger partial charge >= 0.3 is 0 Å². The fraction of sp³-hybridized carbons (Fsp3) is 0.182. The molecule has 3 aromatic carbocycles. The van der Waals surface area contributed by atoms with E-state index in [1.54, 1.807) is 6.92 Å². The van der Waals surface area contributed by atoms with Crippen LogP contribution in [0.3, 0.4) is 0 Å².